The van der Waals surface area contributed by atoms with Gasteiger partial charge < -0.3 is 15.4 Å². The van der Waals surface area contributed by atoms with Gasteiger partial charge in [0, 0.05) is 17.6 Å². The molecule has 4 nitrogen and oxygen atoms in total. The fourth-order valence-electron chi connectivity index (χ4n) is 2.10. The molecule has 2 rings (SSSR count). The van der Waals surface area contributed by atoms with Gasteiger partial charge in [-0.1, -0.05) is 11.6 Å². The lowest BCUT2D eigenvalue weighted by molar-refractivity contribution is 0.0947. The highest BCUT2D eigenvalue weighted by molar-refractivity contribution is 6.31. The Morgan fingerprint density at radius 2 is 2.37 bits per heavy atom. The Labute approximate surface area is 124 Å². The Morgan fingerprint density at radius 1 is 1.58 bits per heavy atom. The fourth-order valence-corrected chi connectivity index (χ4v) is 2.27. The standard InChI is InChI=1S/C13H17ClN2O2.ClH/c1-18-12-5-4-9(14)7-11(12)13(17)16-8-10-3-2-6-15-10;/h4-5,7,10,15H,2-3,6,8H2,1H3,(H,16,17);1H. The maximum Gasteiger partial charge on any atom is 0.255 e. The number of methoxy groups -OCH3 is 1. The molecule has 1 amide bonds. The number of halogens is 2. The summed E-state index contributed by atoms with van der Waals surface area (Å²) in [4.78, 5) is 12.1. The highest BCUT2D eigenvalue weighted by atomic mass is 35.5. The first kappa shape index (κ1) is 16.1. The van der Waals surface area contributed by atoms with E-state index in [1.165, 1.54) is 6.42 Å². The van der Waals surface area contributed by atoms with Crippen molar-refractivity contribution >= 4 is 29.9 Å². The first-order valence-electron chi connectivity index (χ1n) is 6.06. The zero-order valence-electron chi connectivity index (χ0n) is 10.7. The quantitative estimate of drug-likeness (QED) is 0.897. The second-order valence-corrected chi connectivity index (χ2v) is 4.78. The predicted molar refractivity (Wildman–Crippen MR) is 78.6 cm³/mol. The van der Waals surface area contributed by atoms with Gasteiger partial charge in [-0.15, -0.1) is 12.4 Å². The number of ether oxygens (including phenoxy) is 1. The van der Waals surface area contributed by atoms with Crippen LogP contribution in [0.3, 0.4) is 0 Å². The Kier molecular flexibility index (Phi) is 6.42. The molecule has 0 bridgehead atoms. The molecule has 1 aromatic rings. The number of carbonyl (C=O) groups is 1. The summed E-state index contributed by atoms with van der Waals surface area (Å²) in [5.74, 6) is 0.388. The van der Waals surface area contributed by atoms with Gasteiger partial charge in [0.2, 0.25) is 0 Å². The van der Waals surface area contributed by atoms with Crippen LogP contribution in [0.1, 0.15) is 23.2 Å². The zero-order valence-corrected chi connectivity index (χ0v) is 12.3. The minimum atomic E-state index is -0.150. The molecule has 1 heterocycles. The van der Waals surface area contributed by atoms with Crippen molar-refractivity contribution in [1.29, 1.82) is 0 Å². The highest BCUT2D eigenvalue weighted by Crippen LogP contribution is 2.22. The summed E-state index contributed by atoms with van der Waals surface area (Å²) in [6, 6.07) is 5.40. The van der Waals surface area contributed by atoms with E-state index < -0.39 is 0 Å². The zero-order chi connectivity index (χ0) is 13.0. The Hall–Kier alpha value is -0.970. The van der Waals surface area contributed by atoms with Crippen molar-refractivity contribution in [3.63, 3.8) is 0 Å². The van der Waals surface area contributed by atoms with Gasteiger partial charge >= 0.3 is 0 Å². The van der Waals surface area contributed by atoms with Gasteiger partial charge in [0.1, 0.15) is 5.75 Å². The molecule has 0 aliphatic carbocycles. The van der Waals surface area contributed by atoms with Crippen LogP contribution in [0.4, 0.5) is 0 Å². The highest BCUT2D eigenvalue weighted by Gasteiger charge is 2.17. The lowest BCUT2D eigenvalue weighted by atomic mass is 10.1. The molecule has 2 N–H and O–H groups in total. The van der Waals surface area contributed by atoms with Crippen LogP contribution in [0.25, 0.3) is 0 Å². The Bertz CT molecular complexity index is 435. The van der Waals surface area contributed by atoms with Crippen LogP contribution in [0, 0.1) is 0 Å². The predicted octanol–water partition coefficient (Wildman–Crippen LogP) is 2.25. The molecule has 0 spiro atoms. The first-order chi connectivity index (χ1) is 8.70. The van der Waals surface area contributed by atoms with E-state index in [9.17, 15) is 4.79 Å². The van der Waals surface area contributed by atoms with Crippen molar-refractivity contribution in [3.05, 3.63) is 28.8 Å². The van der Waals surface area contributed by atoms with Crippen molar-refractivity contribution in [2.75, 3.05) is 20.2 Å². The number of hydrogen-bond donors (Lipinski definition) is 2. The average molecular weight is 305 g/mol. The molecule has 0 radical (unpaired) electrons. The molecule has 106 valence electrons. The van der Waals surface area contributed by atoms with Crippen molar-refractivity contribution < 1.29 is 9.53 Å². The molecule has 19 heavy (non-hydrogen) atoms. The van der Waals surface area contributed by atoms with Crippen LogP contribution < -0.4 is 15.4 Å². The molecular formula is C13H18Cl2N2O2. The molecule has 1 aromatic carbocycles. The molecule has 1 saturated heterocycles. The summed E-state index contributed by atoms with van der Waals surface area (Å²) in [6.07, 6.45) is 2.27. The van der Waals surface area contributed by atoms with E-state index >= 15 is 0 Å². The monoisotopic (exact) mass is 304 g/mol. The third-order valence-corrected chi connectivity index (χ3v) is 3.31. The fraction of sp³-hybridized carbons (Fsp3) is 0.462. The lowest BCUT2D eigenvalue weighted by Gasteiger charge is -2.13. The number of benzene rings is 1. The number of amides is 1. The number of rotatable bonds is 4. The molecule has 6 heteroatoms. The van der Waals surface area contributed by atoms with Gasteiger partial charge in [0.15, 0.2) is 0 Å². The van der Waals surface area contributed by atoms with E-state index in [1.807, 2.05) is 0 Å². The SMILES string of the molecule is COc1ccc(Cl)cc1C(=O)NCC1CCCN1.Cl. The van der Waals surface area contributed by atoms with Crippen molar-refractivity contribution in [2.45, 2.75) is 18.9 Å². The van der Waals surface area contributed by atoms with E-state index in [0.717, 1.165) is 13.0 Å². The van der Waals surface area contributed by atoms with Gasteiger partial charge in [-0.3, -0.25) is 4.79 Å². The van der Waals surface area contributed by atoms with E-state index in [0.29, 0.717) is 28.9 Å². The molecule has 0 aromatic heterocycles. The van der Waals surface area contributed by atoms with Crippen molar-refractivity contribution in [2.24, 2.45) is 0 Å². The molecule has 0 saturated carbocycles. The van der Waals surface area contributed by atoms with E-state index in [4.69, 9.17) is 16.3 Å². The summed E-state index contributed by atoms with van der Waals surface area (Å²) >= 11 is 5.90. The van der Waals surface area contributed by atoms with E-state index in [1.54, 1.807) is 25.3 Å². The smallest absolute Gasteiger partial charge is 0.255 e. The van der Waals surface area contributed by atoms with E-state index in [2.05, 4.69) is 10.6 Å². The Balaban J connectivity index is 0.00000180. The van der Waals surface area contributed by atoms with Crippen LogP contribution >= 0.6 is 24.0 Å². The summed E-state index contributed by atoms with van der Waals surface area (Å²) in [6.45, 7) is 1.66. The van der Waals surface area contributed by atoms with E-state index in [-0.39, 0.29) is 18.3 Å². The molecule has 1 aliphatic rings. The van der Waals surface area contributed by atoms with Gasteiger partial charge in [-0.2, -0.15) is 0 Å². The molecule has 1 fully saturated rings. The van der Waals surface area contributed by atoms with Gasteiger partial charge in [-0.05, 0) is 37.6 Å². The largest absolute Gasteiger partial charge is 0.496 e. The number of nitrogens with one attached hydrogen (secondary N) is 2. The number of hydrogen-bond acceptors (Lipinski definition) is 3. The third-order valence-electron chi connectivity index (χ3n) is 3.08. The lowest BCUT2D eigenvalue weighted by Crippen LogP contribution is -2.37. The second-order valence-electron chi connectivity index (χ2n) is 4.35. The summed E-state index contributed by atoms with van der Waals surface area (Å²) in [5.41, 5.74) is 0.475. The molecule has 1 atom stereocenters. The summed E-state index contributed by atoms with van der Waals surface area (Å²) < 4.78 is 5.16. The summed E-state index contributed by atoms with van der Waals surface area (Å²) in [5, 5.41) is 6.76. The maximum absolute atomic E-state index is 12.1. The van der Waals surface area contributed by atoms with Crippen molar-refractivity contribution in [1.82, 2.24) is 10.6 Å². The maximum atomic E-state index is 12.1. The topological polar surface area (TPSA) is 50.4 Å². The second kappa shape index (κ2) is 7.58. The molecular weight excluding hydrogens is 287 g/mol. The Morgan fingerprint density at radius 3 is 3.00 bits per heavy atom. The van der Waals surface area contributed by atoms with Crippen LogP contribution in [0.2, 0.25) is 5.02 Å². The van der Waals surface area contributed by atoms with Crippen LogP contribution in [-0.4, -0.2) is 32.1 Å². The average Bonchev–Trinajstić information content (AvgIpc) is 2.89. The van der Waals surface area contributed by atoms with Crippen LogP contribution in [0.5, 0.6) is 5.75 Å². The van der Waals surface area contributed by atoms with Gasteiger partial charge in [0.05, 0.1) is 12.7 Å². The van der Waals surface area contributed by atoms with Crippen LogP contribution in [0.15, 0.2) is 18.2 Å². The minimum Gasteiger partial charge on any atom is -0.496 e. The van der Waals surface area contributed by atoms with Crippen LogP contribution in [-0.2, 0) is 0 Å². The van der Waals surface area contributed by atoms with Gasteiger partial charge in [0.25, 0.3) is 5.91 Å². The molecule has 1 unspecified atom stereocenters. The van der Waals surface area contributed by atoms with Gasteiger partial charge in [-0.25, -0.2) is 0 Å². The first-order valence-corrected chi connectivity index (χ1v) is 6.43. The summed E-state index contributed by atoms with van der Waals surface area (Å²) in [7, 11) is 1.54. The normalized spacial score (nSPS) is 17.7. The molecule has 1 aliphatic heterocycles. The third kappa shape index (κ3) is 4.27. The minimum absolute atomic E-state index is 0. The number of carbonyl (C=O) groups excluding carboxylic acids is 1. The van der Waals surface area contributed by atoms with Crippen molar-refractivity contribution in [3.8, 4) is 5.75 Å².